The molecule has 1 saturated carbocycles. The van der Waals surface area contributed by atoms with Gasteiger partial charge in [-0.15, -0.1) is 0 Å². The first kappa shape index (κ1) is 4.60. The average Bonchev–Trinajstić information content (AvgIpc) is 2.45. The Morgan fingerprint density at radius 2 is 2.38 bits per heavy atom. The molecule has 8 heavy (non-hydrogen) atoms. The fraction of sp³-hybridized carbons (Fsp3) is 0.750. The van der Waals surface area contributed by atoms with Crippen molar-refractivity contribution in [1.82, 2.24) is 0 Å². The van der Waals surface area contributed by atoms with Crippen molar-refractivity contribution in [2.75, 3.05) is 0 Å². The first-order chi connectivity index (χ1) is 3.88. The molecule has 0 saturated heterocycles. The lowest BCUT2D eigenvalue weighted by atomic mass is 9.98. The zero-order valence-electron chi connectivity index (χ0n) is 5.30. The molecule has 0 heterocycles. The molecule has 0 bridgehead atoms. The minimum Gasteiger partial charge on any atom is -0.0880 e. The molecule has 0 N–H and O–H groups in total. The molecule has 0 radical (unpaired) electrons. The predicted octanol–water partition coefficient (Wildman–Crippen LogP) is 2.22. The molecule has 0 aromatic carbocycles. The Morgan fingerprint density at radius 1 is 1.50 bits per heavy atom. The van der Waals surface area contributed by atoms with Gasteiger partial charge in [-0.05, 0) is 30.6 Å². The standard InChI is InChI=1S/C8H12/c1-6-3-2-4-7-5-8(6)7/h2-3,6-8H,4-5H2,1H3/t6-,7-,8+/m1/s1. The fourth-order valence-electron chi connectivity index (χ4n) is 1.80. The molecule has 0 nitrogen and oxygen atoms in total. The second-order valence-corrected chi connectivity index (χ2v) is 3.18. The van der Waals surface area contributed by atoms with Crippen LogP contribution < -0.4 is 0 Å². The first-order valence-corrected chi connectivity index (χ1v) is 3.54. The average molecular weight is 108 g/mol. The summed E-state index contributed by atoms with van der Waals surface area (Å²) in [5.74, 6) is 3.07. The van der Waals surface area contributed by atoms with Crippen LogP contribution in [-0.2, 0) is 0 Å². The van der Waals surface area contributed by atoms with Gasteiger partial charge in [0.15, 0.2) is 0 Å². The predicted molar refractivity (Wildman–Crippen MR) is 34.5 cm³/mol. The van der Waals surface area contributed by atoms with Crippen LogP contribution in [0.15, 0.2) is 12.2 Å². The van der Waals surface area contributed by atoms with E-state index in [0.717, 1.165) is 17.8 Å². The van der Waals surface area contributed by atoms with Gasteiger partial charge in [-0.25, -0.2) is 0 Å². The van der Waals surface area contributed by atoms with E-state index in [4.69, 9.17) is 0 Å². The minimum atomic E-state index is 0.897. The minimum absolute atomic E-state index is 0.897. The summed E-state index contributed by atoms with van der Waals surface area (Å²) in [6.45, 7) is 2.33. The van der Waals surface area contributed by atoms with E-state index >= 15 is 0 Å². The molecule has 1 fully saturated rings. The Morgan fingerprint density at radius 3 is 3.00 bits per heavy atom. The summed E-state index contributed by atoms with van der Waals surface area (Å²) in [5, 5.41) is 0. The maximum atomic E-state index is 2.37. The van der Waals surface area contributed by atoms with E-state index in [2.05, 4.69) is 19.1 Å². The number of hydrogen-bond donors (Lipinski definition) is 0. The summed E-state index contributed by atoms with van der Waals surface area (Å²) < 4.78 is 0. The van der Waals surface area contributed by atoms with Crippen LogP contribution in [0, 0.1) is 17.8 Å². The number of allylic oxidation sites excluding steroid dienone is 2. The van der Waals surface area contributed by atoms with Gasteiger partial charge < -0.3 is 0 Å². The van der Waals surface area contributed by atoms with Gasteiger partial charge in [-0.3, -0.25) is 0 Å². The Labute approximate surface area is 50.6 Å². The summed E-state index contributed by atoms with van der Waals surface area (Å²) in [6, 6.07) is 0. The largest absolute Gasteiger partial charge is 0.0880 e. The highest BCUT2D eigenvalue weighted by Crippen LogP contribution is 2.49. The summed E-state index contributed by atoms with van der Waals surface area (Å²) in [5.41, 5.74) is 0. The van der Waals surface area contributed by atoms with Gasteiger partial charge in [0.05, 0.1) is 0 Å². The molecule has 0 amide bonds. The van der Waals surface area contributed by atoms with E-state index in [-0.39, 0.29) is 0 Å². The van der Waals surface area contributed by atoms with Crippen molar-refractivity contribution in [2.45, 2.75) is 19.8 Å². The van der Waals surface area contributed by atoms with E-state index < -0.39 is 0 Å². The molecule has 2 rings (SSSR count). The van der Waals surface area contributed by atoms with Gasteiger partial charge in [0.1, 0.15) is 0 Å². The lowest BCUT2D eigenvalue weighted by Crippen LogP contribution is -1.98. The third kappa shape index (κ3) is 0.521. The van der Waals surface area contributed by atoms with Crippen LogP contribution in [0.4, 0.5) is 0 Å². The second kappa shape index (κ2) is 1.37. The Bertz CT molecular complexity index is 124. The van der Waals surface area contributed by atoms with E-state index in [0.29, 0.717) is 0 Å². The van der Waals surface area contributed by atoms with Crippen LogP contribution >= 0.6 is 0 Å². The van der Waals surface area contributed by atoms with Crippen LogP contribution in [0.2, 0.25) is 0 Å². The molecule has 0 spiro atoms. The second-order valence-electron chi connectivity index (χ2n) is 3.18. The number of rotatable bonds is 0. The van der Waals surface area contributed by atoms with Crippen LogP contribution in [0.1, 0.15) is 19.8 Å². The zero-order chi connectivity index (χ0) is 5.56. The summed E-state index contributed by atoms with van der Waals surface area (Å²) >= 11 is 0. The van der Waals surface area contributed by atoms with Crippen molar-refractivity contribution >= 4 is 0 Å². The Kier molecular flexibility index (Phi) is 0.787. The van der Waals surface area contributed by atoms with Crippen molar-refractivity contribution in [3.8, 4) is 0 Å². The van der Waals surface area contributed by atoms with Crippen molar-refractivity contribution in [2.24, 2.45) is 17.8 Å². The molecule has 3 atom stereocenters. The summed E-state index contributed by atoms with van der Waals surface area (Å²) in [6.07, 6.45) is 7.59. The van der Waals surface area contributed by atoms with Crippen molar-refractivity contribution < 1.29 is 0 Å². The summed E-state index contributed by atoms with van der Waals surface area (Å²) in [7, 11) is 0. The zero-order valence-corrected chi connectivity index (χ0v) is 5.30. The molecular weight excluding hydrogens is 96.1 g/mol. The van der Waals surface area contributed by atoms with Crippen molar-refractivity contribution in [3.63, 3.8) is 0 Å². The number of hydrogen-bond acceptors (Lipinski definition) is 0. The van der Waals surface area contributed by atoms with Crippen LogP contribution in [0.5, 0.6) is 0 Å². The number of fused-ring (bicyclic) bond motifs is 1. The highest BCUT2D eigenvalue weighted by Gasteiger charge is 2.40. The molecule has 2 aliphatic rings. The highest BCUT2D eigenvalue weighted by molar-refractivity contribution is 5.06. The fourth-order valence-corrected chi connectivity index (χ4v) is 1.80. The van der Waals surface area contributed by atoms with Crippen LogP contribution in [0.25, 0.3) is 0 Å². The van der Waals surface area contributed by atoms with E-state index in [9.17, 15) is 0 Å². The highest BCUT2D eigenvalue weighted by atomic mass is 14.5. The van der Waals surface area contributed by atoms with Gasteiger partial charge >= 0.3 is 0 Å². The van der Waals surface area contributed by atoms with E-state index in [1.807, 2.05) is 0 Å². The molecule has 0 aliphatic heterocycles. The molecule has 0 unspecified atom stereocenters. The smallest absolute Gasteiger partial charge is 0.0231 e. The van der Waals surface area contributed by atoms with Gasteiger partial charge in [0, 0.05) is 0 Å². The van der Waals surface area contributed by atoms with Gasteiger partial charge in [0.25, 0.3) is 0 Å². The SMILES string of the molecule is C[C@@H]1C=CC[C@@H]2C[C@H]21. The molecule has 44 valence electrons. The lowest BCUT2D eigenvalue weighted by Gasteiger charge is -2.08. The van der Waals surface area contributed by atoms with E-state index in [1.165, 1.54) is 12.8 Å². The van der Waals surface area contributed by atoms with Gasteiger partial charge in [-0.1, -0.05) is 19.1 Å². The van der Waals surface area contributed by atoms with E-state index in [1.54, 1.807) is 0 Å². The third-order valence-electron chi connectivity index (χ3n) is 2.53. The van der Waals surface area contributed by atoms with Crippen molar-refractivity contribution in [3.05, 3.63) is 12.2 Å². The molecule has 0 aromatic heterocycles. The molecule has 0 aromatic rings. The summed E-state index contributed by atoms with van der Waals surface area (Å²) in [4.78, 5) is 0. The van der Waals surface area contributed by atoms with Crippen LogP contribution in [0.3, 0.4) is 0 Å². The molecule has 2 aliphatic carbocycles. The Balaban J connectivity index is 2.13. The molecule has 0 heteroatoms. The first-order valence-electron chi connectivity index (χ1n) is 3.54. The molecular formula is C8H12. The maximum Gasteiger partial charge on any atom is -0.0231 e. The van der Waals surface area contributed by atoms with Gasteiger partial charge in [0.2, 0.25) is 0 Å². The Hall–Kier alpha value is -0.260. The maximum absolute atomic E-state index is 2.37. The van der Waals surface area contributed by atoms with Gasteiger partial charge in [-0.2, -0.15) is 0 Å². The van der Waals surface area contributed by atoms with Crippen molar-refractivity contribution in [1.29, 1.82) is 0 Å². The normalized spacial score (nSPS) is 50.9. The lowest BCUT2D eigenvalue weighted by molar-refractivity contribution is 0.546. The van der Waals surface area contributed by atoms with Crippen LogP contribution in [-0.4, -0.2) is 0 Å². The monoisotopic (exact) mass is 108 g/mol. The topological polar surface area (TPSA) is 0 Å². The quantitative estimate of drug-likeness (QED) is 0.417. The third-order valence-corrected chi connectivity index (χ3v) is 2.53.